The third kappa shape index (κ3) is 6.58. The molecule has 2 aromatic carbocycles. The van der Waals surface area contributed by atoms with Gasteiger partial charge in [0.15, 0.2) is 23.0 Å². The van der Waals surface area contributed by atoms with Crippen molar-refractivity contribution >= 4 is 49.2 Å². The molecule has 9 heteroatoms. The Morgan fingerprint density at radius 2 is 1.54 bits per heavy atom. The minimum absolute atomic E-state index is 0.0385. The number of halogens is 2. The summed E-state index contributed by atoms with van der Waals surface area (Å²) in [6.07, 6.45) is 2.17. The molecule has 5 rings (SSSR count). The lowest BCUT2D eigenvalue weighted by Gasteiger charge is -2.43. The van der Waals surface area contributed by atoms with Crippen molar-refractivity contribution in [2.75, 3.05) is 26.4 Å². The number of phenols is 1. The maximum absolute atomic E-state index is 12.1. The van der Waals surface area contributed by atoms with Crippen LogP contribution in [0.3, 0.4) is 0 Å². The van der Waals surface area contributed by atoms with Crippen LogP contribution in [-0.4, -0.2) is 54.5 Å². The maximum atomic E-state index is 12.1. The van der Waals surface area contributed by atoms with E-state index >= 15 is 0 Å². The number of aromatic hydroxyl groups is 1. The Labute approximate surface area is 221 Å². The van der Waals surface area contributed by atoms with Crippen molar-refractivity contribution in [2.24, 2.45) is 0 Å². The first-order valence-electron chi connectivity index (χ1n) is 11.3. The monoisotopic (exact) mass is 610 g/mol. The van der Waals surface area contributed by atoms with Gasteiger partial charge >= 0.3 is 0 Å². The SMILES string of the molecule is CCc1cc(C(C)=O)c(O)cc1Br.CCc1cc2c(cc1Br)OC1(COC1)CC2=O.O=C1COC1. The van der Waals surface area contributed by atoms with E-state index in [2.05, 4.69) is 43.5 Å². The molecule has 7 nitrogen and oxygen atoms in total. The number of ether oxygens (including phenoxy) is 3. The highest BCUT2D eigenvalue weighted by atomic mass is 79.9. The van der Waals surface area contributed by atoms with Crippen LogP contribution in [0.2, 0.25) is 0 Å². The van der Waals surface area contributed by atoms with Gasteiger partial charge in [-0.05, 0) is 55.2 Å². The number of fused-ring (bicyclic) bond motifs is 1. The van der Waals surface area contributed by atoms with Crippen molar-refractivity contribution in [3.8, 4) is 11.5 Å². The van der Waals surface area contributed by atoms with E-state index < -0.39 is 5.60 Å². The number of carbonyl (C=O) groups excluding carboxylic acids is 3. The van der Waals surface area contributed by atoms with Crippen molar-refractivity contribution in [1.29, 1.82) is 0 Å². The molecule has 0 saturated carbocycles. The van der Waals surface area contributed by atoms with E-state index in [1.165, 1.54) is 6.92 Å². The predicted octanol–water partition coefficient (Wildman–Crippen LogP) is 5.25. The molecular formula is C26H28Br2O7. The van der Waals surface area contributed by atoms with Crippen LogP contribution in [0, 0.1) is 0 Å². The molecule has 188 valence electrons. The normalized spacial score (nSPS) is 16.9. The van der Waals surface area contributed by atoms with Gasteiger partial charge in [0.25, 0.3) is 0 Å². The Bertz CT molecular complexity index is 1130. The fraction of sp³-hybridized carbons (Fsp3) is 0.423. The molecule has 3 aliphatic rings. The van der Waals surface area contributed by atoms with Gasteiger partial charge in [-0.15, -0.1) is 0 Å². The van der Waals surface area contributed by atoms with Crippen molar-refractivity contribution in [3.63, 3.8) is 0 Å². The first kappa shape index (κ1) is 27.5. The first-order valence-corrected chi connectivity index (χ1v) is 12.9. The summed E-state index contributed by atoms with van der Waals surface area (Å²) in [6.45, 7) is 7.25. The molecule has 1 N–H and O–H groups in total. The number of hydrogen-bond acceptors (Lipinski definition) is 7. The van der Waals surface area contributed by atoms with Crippen LogP contribution < -0.4 is 4.74 Å². The molecule has 0 bridgehead atoms. The minimum atomic E-state index is -0.392. The summed E-state index contributed by atoms with van der Waals surface area (Å²) in [6, 6.07) is 7.14. The number of Topliss-reactive ketones (excluding diaryl/α,β-unsaturated/α-hetero) is 3. The van der Waals surface area contributed by atoms with E-state index in [0.717, 1.165) is 32.9 Å². The molecule has 0 aromatic heterocycles. The van der Waals surface area contributed by atoms with Crippen molar-refractivity contribution in [2.45, 2.75) is 45.6 Å². The summed E-state index contributed by atoms with van der Waals surface area (Å²) in [5.74, 6) is 0.992. The quantitative estimate of drug-likeness (QED) is 0.473. The molecule has 0 radical (unpaired) electrons. The van der Waals surface area contributed by atoms with Crippen LogP contribution in [-0.2, 0) is 27.1 Å². The number of hydrogen-bond donors (Lipinski definition) is 1. The minimum Gasteiger partial charge on any atom is -0.507 e. The molecule has 0 aliphatic carbocycles. The Balaban J connectivity index is 0.000000168. The van der Waals surface area contributed by atoms with E-state index in [1.54, 1.807) is 12.1 Å². The zero-order valence-electron chi connectivity index (χ0n) is 19.9. The van der Waals surface area contributed by atoms with Gasteiger partial charge in [-0.25, -0.2) is 0 Å². The van der Waals surface area contributed by atoms with Gasteiger partial charge in [-0.3, -0.25) is 14.4 Å². The third-order valence-electron chi connectivity index (χ3n) is 5.82. The molecule has 0 amide bonds. The maximum Gasteiger partial charge on any atom is 0.184 e. The molecule has 3 heterocycles. The van der Waals surface area contributed by atoms with Gasteiger partial charge in [-0.2, -0.15) is 0 Å². The van der Waals surface area contributed by atoms with E-state index in [1.807, 2.05) is 19.1 Å². The topological polar surface area (TPSA) is 99.1 Å². The van der Waals surface area contributed by atoms with Crippen molar-refractivity contribution in [3.05, 3.63) is 55.5 Å². The summed E-state index contributed by atoms with van der Waals surface area (Å²) >= 11 is 6.83. The van der Waals surface area contributed by atoms with E-state index in [9.17, 15) is 19.5 Å². The second-order valence-corrected chi connectivity index (χ2v) is 10.3. The molecule has 2 fully saturated rings. The molecular weight excluding hydrogens is 584 g/mol. The Morgan fingerprint density at radius 3 is 2.00 bits per heavy atom. The second-order valence-electron chi connectivity index (χ2n) is 8.57. The predicted molar refractivity (Wildman–Crippen MR) is 138 cm³/mol. The fourth-order valence-electron chi connectivity index (χ4n) is 3.67. The number of aryl methyl sites for hydroxylation is 2. The summed E-state index contributed by atoms with van der Waals surface area (Å²) < 4.78 is 17.4. The van der Waals surface area contributed by atoms with Crippen LogP contribution in [0.5, 0.6) is 11.5 Å². The average molecular weight is 612 g/mol. The van der Waals surface area contributed by atoms with Gasteiger partial charge in [0, 0.05) is 8.95 Å². The van der Waals surface area contributed by atoms with E-state index in [0.29, 0.717) is 49.7 Å². The lowest BCUT2D eigenvalue weighted by atomic mass is 9.88. The standard InChI is InChI=1S/C13H13BrO3.C10H11BrO2.C3H4O2/c1-2-8-3-9-11(15)5-13(6-16-7-13)17-12(9)4-10(8)14;1-3-7-4-8(6(2)12)10(13)5-9(7)11;4-3-1-5-2-3/h3-4H,2,5-7H2,1H3;4-5,13H,3H2,1-2H3;1-2H2. The number of phenolic OH excluding ortho intramolecular Hbond substituents is 1. The average Bonchev–Trinajstić information content (AvgIpc) is 2.77. The van der Waals surface area contributed by atoms with E-state index in [-0.39, 0.29) is 23.1 Å². The molecule has 2 aromatic rings. The summed E-state index contributed by atoms with van der Waals surface area (Å²) in [4.78, 5) is 33.0. The number of carbonyl (C=O) groups is 3. The van der Waals surface area contributed by atoms with Gasteiger partial charge in [0.1, 0.15) is 24.7 Å². The van der Waals surface area contributed by atoms with Crippen molar-refractivity contribution in [1.82, 2.24) is 0 Å². The van der Waals surface area contributed by atoms with Gasteiger partial charge in [0.05, 0.1) is 30.8 Å². The second kappa shape index (κ2) is 11.8. The summed E-state index contributed by atoms with van der Waals surface area (Å²) in [5.41, 5.74) is 2.88. The highest BCUT2D eigenvalue weighted by Gasteiger charge is 2.47. The van der Waals surface area contributed by atoms with Crippen LogP contribution in [0.4, 0.5) is 0 Å². The van der Waals surface area contributed by atoms with Gasteiger partial charge in [0.2, 0.25) is 0 Å². The lowest BCUT2D eigenvalue weighted by Crippen LogP contribution is -2.57. The molecule has 3 aliphatic heterocycles. The smallest absolute Gasteiger partial charge is 0.184 e. The number of rotatable bonds is 3. The molecule has 1 spiro atoms. The first-order chi connectivity index (χ1) is 16.6. The van der Waals surface area contributed by atoms with Crippen LogP contribution in [0.1, 0.15) is 59.0 Å². The summed E-state index contributed by atoms with van der Waals surface area (Å²) in [7, 11) is 0. The fourth-order valence-corrected chi connectivity index (χ4v) is 4.88. The van der Waals surface area contributed by atoms with Crippen LogP contribution >= 0.6 is 31.9 Å². The largest absolute Gasteiger partial charge is 0.507 e. The van der Waals surface area contributed by atoms with Gasteiger partial charge < -0.3 is 19.3 Å². The molecule has 0 unspecified atom stereocenters. The summed E-state index contributed by atoms with van der Waals surface area (Å²) in [5, 5.41) is 9.43. The molecule has 35 heavy (non-hydrogen) atoms. The Hall–Kier alpha value is -2.07. The number of ketones is 3. The van der Waals surface area contributed by atoms with Crippen LogP contribution in [0.15, 0.2) is 33.2 Å². The van der Waals surface area contributed by atoms with E-state index in [4.69, 9.17) is 9.47 Å². The lowest BCUT2D eigenvalue weighted by molar-refractivity contribution is -0.162. The van der Waals surface area contributed by atoms with Gasteiger partial charge in [-0.1, -0.05) is 45.7 Å². The van der Waals surface area contributed by atoms with Crippen LogP contribution in [0.25, 0.3) is 0 Å². The van der Waals surface area contributed by atoms with Crippen molar-refractivity contribution < 1.29 is 33.7 Å². The number of benzene rings is 2. The highest BCUT2D eigenvalue weighted by molar-refractivity contribution is 9.10. The Morgan fingerprint density at radius 1 is 0.971 bits per heavy atom. The Kier molecular flexibility index (Phi) is 9.26. The third-order valence-corrected chi connectivity index (χ3v) is 7.30. The molecule has 2 saturated heterocycles. The zero-order valence-corrected chi connectivity index (χ0v) is 23.1. The highest BCUT2D eigenvalue weighted by Crippen LogP contribution is 2.40. The molecule has 0 atom stereocenters. The zero-order chi connectivity index (χ0) is 25.8.